The van der Waals surface area contributed by atoms with Gasteiger partial charge in [-0.25, -0.2) is 9.59 Å². The predicted molar refractivity (Wildman–Crippen MR) is 300 cm³/mol. The van der Waals surface area contributed by atoms with Gasteiger partial charge >= 0.3 is 17.9 Å². The number of aliphatic hydroxyl groups is 2. The van der Waals surface area contributed by atoms with Gasteiger partial charge in [0.1, 0.15) is 23.1 Å². The predicted octanol–water partition coefficient (Wildman–Crippen LogP) is 8.80. The first kappa shape index (κ1) is 62.1. The first-order valence-electron chi connectivity index (χ1n) is 28.1. The fourth-order valence-electron chi connectivity index (χ4n) is 12.0. The zero-order valence-corrected chi connectivity index (χ0v) is 48.7. The molecule has 3 aromatic carbocycles. The van der Waals surface area contributed by atoms with Gasteiger partial charge in [0.15, 0.2) is 24.8 Å². The number of para-hydroxylation sites is 1. The maximum Gasteiger partial charge on any atom is 0.338 e. The van der Waals surface area contributed by atoms with E-state index in [0.717, 1.165) is 16.5 Å². The number of aromatic nitrogens is 1. The number of nitrogens with zero attached hydrogens (tertiary/aromatic N) is 2. The molecule has 80 heavy (non-hydrogen) atoms. The Bertz CT molecular complexity index is 2740. The second-order valence-corrected chi connectivity index (χ2v) is 23.1. The van der Waals surface area contributed by atoms with Crippen LogP contribution in [0.2, 0.25) is 0 Å². The van der Waals surface area contributed by atoms with Crippen molar-refractivity contribution < 1.29 is 72.0 Å². The van der Waals surface area contributed by atoms with E-state index in [0.29, 0.717) is 17.5 Å². The van der Waals surface area contributed by atoms with Crippen molar-refractivity contribution in [1.29, 1.82) is 0 Å². The van der Waals surface area contributed by atoms with Crippen LogP contribution in [0.1, 0.15) is 121 Å². The molecule has 3 saturated heterocycles. The summed E-state index contributed by atoms with van der Waals surface area (Å²) in [6.45, 7) is 17.2. The number of fused-ring (bicyclic) bond motifs is 1. The van der Waals surface area contributed by atoms with Gasteiger partial charge in [0.05, 0.1) is 71.3 Å². The molecule has 17 nitrogen and oxygen atoms in total. The Hall–Kier alpha value is -5.47. The number of aliphatic hydroxyl groups excluding tert-OH is 1. The van der Waals surface area contributed by atoms with Crippen molar-refractivity contribution in [3.05, 3.63) is 120 Å². The van der Waals surface area contributed by atoms with Gasteiger partial charge in [-0.3, -0.25) is 14.6 Å². The van der Waals surface area contributed by atoms with Gasteiger partial charge in [0.2, 0.25) is 0 Å². The van der Waals surface area contributed by atoms with Crippen LogP contribution in [0.25, 0.3) is 17.0 Å². The zero-order chi connectivity index (χ0) is 58.3. The normalized spacial score (nSPS) is 35.8. The molecule has 3 aliphatic heterocycles. The standard InChI is InChI=1S/C63H84N2O15/c1-14-49-63(10,71)54(67)39(4)51(66)37(2)34-62(9,73-31-23-24-43-33-46-29-21-22-30-47(46)64-36-43)55(80-60-53(48(65(11)12)32-38(3)74-60)78-58(69)44-25-17-15-18-26-44)40(5)52(41(6)57(68)76-49)77-50-35-61(8,72-13)56(42(7)75-50)79-59(70)45-27-19-16-20-28-45/h15-30,33,36-42,48-50,52-56,60,67,71H,14,31-32,34-35H2,1-13H3/b24-23+/t37-,38-,39+,40+,41-,42+,48+,49-,50?,52+,53-,54-,55-,56+,60+,61-,62+,63-/m1/s1. The Balaban J connectivity index is 1.36. The first-order valence-corrected chi connectivity index (χ1v) is 28.1. The SMILES string of the molecule is CC[C@H]1OC(=O)[C@H](C)[C@@H](OC2C[C@@](C)(OC)[C@@H](OC(=O)c3ccccc3)[C@H](C)O2)[C@H](C)[C@@H](O[C@@H]2O[C@H](C)C[C@H](N(C)C)[C@H]2OC(=O)c2ccccc2)[C@@](C)(OC/C=C/c2cnc3ccccc3c2)C[C@@H](C)C(=O)[C@H](C)[C@@H](O)[C@]1(C)O. The minimum Gasteiger partial charge on any atom is -0.459 e. The quantitative estimate of drug-likeness (QED) is 0.0842. The third-order valence-electron chi connectivity index (χ3n) is 16.7. The van der Waals surface area contributed by atoms with Crippen LogP contribution in [-0.4, -0.2) is 156 Å². The molecule has 0 radical (unpaired) electrons. The van der Waals surface area contributed by atoms with E-state index in [1.54, 1.807) is 108 Å². The van der Waals surface area contributed by atoms with Crippen LogP contribution in [0.5, 0.6) is 0 Å². The van der Waals surface area contributed by atoms with E-state index in [9.17, 15) is 29.4 Å². The van der Waals surface area contributed by atoms with E-state index in [4.69, 9.17) is 42.6 Å². The summed E-state index contributed by atoms with van der Waals surface area (Å²) >= 11 is 0. The Kier molecular flexibility index (Phi) is 20.7. The highest BCUT2D eigenvalue weighted by Crippen LogP contribution is 2.43. The van der Waals surface area contributed by atoms with Crippen LogP contribution in [0.3, 0.4) is 0 Å². The fraction of sp³-hybridized carbons (Fsp3) is 0.571. The number of carbonyl (C=O) groups excluding carboxylic acids is 4. The number of Topliss-reactive ketones (excluding diaryl/α,β-unsaturated/α-hetero) is 1. The van der Waals surface area contributed by atoms with Crippen LogP contribution in [0.15, 0.2) is 103 Å². The summed E-state index contributed by atoms with van der Waals surface area (Å²) in [6.07, 6.45) is -4.72. The van der Waals surface area contributed by atoms with E-state index in [1.807, 2.05) is 82.3 Å². The number of methoxy groups -OCH3 is 1. The van der Waals surface area contributed by atoms with Gasteiger partial charge in [0, 0.05) is 42.9 Å². The monoisotopic (exact) mass is 1110 g/mol. The number of rotatable bonds is 15. The molecule has 18 atom stereocenters. The van der Waals surface area contributed by atoms with E-state index in [-0.39, 0.29) is 31.7 Å². The average Bonchev–Trinajstić information content (AvgIpc) is 3.44. The van der Waals surface area contributed by atoms with Gasteiger partial charge in [-0.1, -0.05) is 94.4 Å². The molecule has 3 fully saturated rings. The molecule has 0 saturated carbocycles. The molecule has 7 rings (SSSR count). The van der Waals surface area contributed by atoms with E-state index >= 15 is 0 Å². The Morgan fingerprint density at radius 3 is 2.04 bits per heavy atom. The summed E-state index contributed by atoms with van der Waals surface area (Å²) in [4.78, 5) is 64.1. The second-order valence-electron chi connectivity index (χ2n) is 23.1. The van der Waals surface area contributed by atoms with Crippen molar-refractivity contribution in [2.45, 2.75) is 179 Å². The van der Waals surface area contributed by atoms with Gasteiger partial charge in [-0.2, -0.15) is 0 Å². The third kappa shape index (κ3) is 14.2. The molecule has 4 aromatic rings. The molecule has 0 amide bonds. The summed E-state index contributed by atoms with van der Waals surface area (Å²) in [6, 6.07) is 26.6. The van der Waals surface area contributed by atoms with Crippen LogP contribution in [0, 0.1) is 23.7 Å². The Morgan fingerprint density at radius 1 is 0.787 bits per heavy atom. The Labute approximate surface area is 471 Å². The lowest BCUT2D eigenvalue weighted by Gasteiger charge is -2.50. The van der Waals surface area contributed by atoms with Gasteiger partial charge in [-0.05, 0) is 117 Å². The van der Waals surface area contributed by atoms with Crippen LogP contribution < -0.4 is 0 Å². The van der Waals surface area contributed by atoms with Crippen molar-refractivity contribution >= 4 is 40.7 Å². The number of hydrogen-bond donors (Lipinski definition) is 2. The molecule has 0 bridgehead atoms. The average molecular weight is 1110 g/mol. The number of pyridine rings is 1. The lowest BCUT2D eigenvalue weighted by atomic mass is 9.73. The molecule has 17 heteroatoms. The topological polar surface area (TPSA) is 208 Å². The lowest BCUT2D eigenvalue weighted by Crippen LogP contribution is -2.62. The van der Waals surface area contributed by atoms with Crippen molar-refractivity contribution in [3.8, 4) is 0 Å². The highest BCUT2D eigenvalue weighted by Gasteiger charge is 2.55. The van der Waals surface area contributed by atoms with Gasteiger partial charge < -0.3 is 57.7 Å². The zero-order valence-electron chi connectivity index (χ0n) is 48.7. The molecule has 0 spiro atoms. The van der Waals surface area contributed by atoms with E-state index in [1.165, 1.54) is 14.0 Å². The summed E-state index contributed by atoms with van der Waals surface area (Å²) in [7, 11) is 5.30. The first-order chi connectivity index (χ1) is 37.9. The van der Waals surface area contributed by atoms with E-state index in [2.05, 4.69) is 4.98 Å². The maximum absolute atomic E-state index is 15.0. The highest BCUT2D eigenvalue weighted by atomic mass is 16.7. The Morgan fingerprint density at radius 2 is 1.41 bits per heavy atom. The second kappa shape index (κ2) is 26.6. The minimum absolute atomic E-state index is 0.0157. The summed E-state index contributed by atoms with van der Waals surface area (Å²) in [5, 5.41) is 25.0. The van der Waals surface area contributed by atoms with E-state index < -0.39 is 126 Å². The molecular weight excluding hydrogens is 1020 g/mol. The largest absolute Gasteiger partial charge is 0.459 e. The molecule has 2 N–H and O–H groups in total. The van der Waals surface area contributed by atoms with Gasteiger partial charge in [-0.15, -0.1) is 0 Å². The molecule has 4 heterocycles. The molecule has 436 valence electrons. The lowest BCUT2D eigenvalue weighted by molar-refractivity contribution is -0.319. The van der Waals surface area contributed by atoms with Crippen molar-refractivity contribution in [1.82, 2.24) is 9.88 Å². The number of hydrogen-bond acceptors (Lipinski definition) is 17. The molecule has 0 aliphatic carbocycles. The maximum atomic E-state index is 15.0. The minimum atomic E-state index is -2.07. The van der Waals surface area contributed by atoms with Crippen molar-refractivity contribution in [2.75, 3.05) is 27.8 Å². The molecule has 1 aromatic heterocycles. The van der Waals surface area contributed by atoms with Crippen LogP contribution in [-0.2, 0) is 52.2 Å². The van der Waals surface area contributed by atoms with Crippen molar-refractivity contribution in [3.63, 3.8) is 0 Å². The highest BCUT2D eigenvalue weighted by molar-refractivity contribution is 5.90. The summed E-state index contributed by atoms with van der Waals surface area (Å²) < 4.78 is 60.0. The van der Waals surface area contributed by atoms with Crippen LogP contribution in [0.4, 0.5) is 0 Å². The number of ketones is 1. The molecule has 1 unspecified atom stereocenters. The van der Waals surface area contributed by atoms with Crippen molar-refractivity contribution in [2.24, 2.45) is 23.7 Å². The number of likely N-dealkylation sites (N-methyl/N-ethyl adjacent to an activating group) is 1. The third-order valence-corrected chi connectivity index (χ3v) is 16.7. The number of esters is 3. The van der Waals surface area contributed by atoms with Gasteiger partial charge in [0.25, 0.3) is 0 Å². The van der Waals surface area contributed by atoms with Crippen LogP contribution >= 0.6 is 0 Å². The number of benzene rings is 3. The smallest absolute Gasteiger partial charge is 0.338 e. The number of carbonyl (C=O) groups is 4. The fourth-order valence-corrected chi connectivity index (χ4v) is 12.0. The number of ether oxygens (including phenoxy) is 9. The summed E-state index contributed by atoms with van der Waals surface area (Å²) in [5.41, 5.74) is -2.42. The molecule has 3 aliphatic rings. The molecular formula is C63H84N2O15. The summed E-state index contributed by atoms with van der Waals surface area (Å²) in [5.74, 6) is -6.36. The number of cyclic esters (lactones) is 1.